The van der Waals surface area contributed by atoms with E-state index >= 15 is 0 Å². The van der Waals surface area contributed by atoms with Crippen LogP contribution in [-0.2, 0) is 11.0 Å². The molecule has 4 rings (SSSR count). The van der Waals surface area contributed by atoms with E-state index in [1.807, 2.05) is 11.8 Å². The number of carbonyl (C=O) groups excluding carboxylic acids is 1. The minimum absolute atomic E-state index is 0.00779. The number of piperidine rings is 2. The smallest absolute Gasteiger partial charge is 0.370 e. The minimum atomic E-state index is -4.52. The van der Waals surface area contributed by atoms with Crippen LogP contribution in [0, 0.1) is 0 Å². The van der Waals surface area contributed by atoms with Gasteiger partial charge in [-0.1, -0.05) is 19.4 Å². The molecule has 0 saturated carbocycles. The highest BCUT2D eigenvalue weighted by molar-refractivity contribution is 5.86. The van der Waals surface area contributed by atoms with Crippen LogP contribution in [0.15, 0.2) is 30.5 Å². The highest BCUT2D eigenvalue weighted by Crippen LogP contribution is 2.40. The van der Waals surface area contributed by atoms with Crippen molar-refractivity contribution >= 4 is 17.4 Å². The molecule has 0 aliphatic carbocycles. The molecule has 2 aliphatic rings. The van der Waals surface area contributed by atoms with Crippen molar-refractivity contribution in [2.45, 2.75) is 70.5 Å². The molecule has 9 heteroatoms. The number of pyridine rings is 2. The maximum absolute atomic E-state index is 14.0. The Morgan fingerprint density at radius 1 is 1.11 bits per heavy atom. The van der Waals surface area contributed by atoms with Gasteiger partial charge >= 0.3 is 6.18 Å². The summed E-state index contributed by atoms with van der Waals surface area (Å²) in [4.78, 5) is 26.1. The molecule has 0 spiro atoms. The van der Waals surface area contributed by atoms with Crippen molar-refractivity contribution in [3.05, 3.63) is 47.3 Å². The zero-order valence-corrected chi connectivity index (χ0v) is 21.4. The molecule has 2 saturated heterocycles. The molecule has 36 heavy (non-hydrogen) atoms. The third-order valence-electron chi connectivity index (χ3n) is 7.81. The van der Waals surface area contributed by atoms with E-state index in [9.17, 15) is 18.0 Å². The van der Waals surface area contributed by atoms with Crippen molar-refractivity contribution in [1.82, 2.24) is 14.9 Å². The van der Waals surface area contributed by atoms with Gasteiger partial charge < -0.3 is 10.2 Å². The summed E-state index contributed by atoms with van der Waals surface area (Å²) in [6.45, 7) is 8.97. The fourth-order valence-electron chi connectivity index (χ4n) is 5.76. The van der Waals surface area contributed by atoms with Crippen LogP contribution in [0.4, 0.5) is 24.8 Å². The van der Waals surface area contributed by atoms with Gasteiger partial charge in [-0.05, 0) is 70.8 Å². The monoisotopic (exact) mass is 503 g/mol. The Morgan fingerprint density at radius 3 is 2.42 bits per heavy atom. The van der Waals surface area contributed by atoms with Gasteiger partial charge in [0.15, 0.2) is 0 Å². The Kier molecular flexibility index (Phi) is 7.87. The van der Waals surface area contributed by atoms with Crippen LogP contribution in [0.25, 0.3) is 0 Å². The third kappa shape index (κ3) is 5.21. The van der Waals surface area contributed by atoms with Gasteiger partial charge in [0.05, 0.1) is 16.8 Å². The average molecular weight is 504 g/mol. The number of nitrogens with one attached hydrogen (secondary N) is 1. The van der Waals surface area contributed by atoms with E-state index in [-0.39, 0.29) is 11.5 Å². The zero-order chi connectivity index (χ0) is 25.9. The van der Waals surface area contributed by atoms with Crippen molar-refractivity contribution in [3.8, 4) is 0 Å². The Morgan fingerprint density at radius 2 is 1.81 bits per heavy atom. The molecular weight excluding hydrogens is 467 g/mol. The van der Waals surface area contributed by atoms with Gasteiger partial charge in [0.2, 0.25) is 0 Å². The topological polar surface area (TPSA) is 61.4 Å². The van der Waals surface area contributed by atoms with Crippen LogP contribution in [0.2, 0.25) is 0 Å². The van der Waals surface area contributed by atoms with Crippen LogP contribution < -0.4 is 10.2 Å². The van der Waals surface area contributed by atoms with Gasteiger partial charge in [-0.2, -0.15) is 13.2 Å². The number of Topliss-reactive ketones (excluding diaryl/α,β-unsaturated/α-hetero) is 1. The number of halogens is 3. The molecule has 0 amide bonds. The lowest BCUT2D eigenvalue weighted by Crippen LogP contribution is -2.60. The van der Waals surface area contributed by atoms with Gasteiger partial charge in [-0.15, -0.1) is 0 Å². The SMILES string of the molecule is CCNc1ncccc1C(C)c1nc(N2CCC(C(C)=O)(N3CCCCC3)CC2)ccc1C(F)(F)F. The summed E-state index contributed by atoms with van der Waals surface area (Å²) < 4.78 is 42.0. The summed E-state index contributed by atoms with van der Waals surface area (Å²) in [7, 11) is 0. The summed E-state index contributed by atoms with van der Waals surface area (Å²) in [6, 6.07) is 6.14. The Hall–Kier alpha value is -2.68. The highest BCUT2D eigenvalue weighted by atomic mass is 19.4. The fourth-order valence-corrected chi connectivity index (χ4v) is 5.76. The van der Waals surface area contributed by atoms with Crippen molar-refractivity contribution in [1.29, 1.82) is 0 Å². The second-order valence-corrected chi connectivity index (χ2v) is 9.92. The Bertz CT molecular complexity index is 1060. The molecule has 2 aromatic rings. The lowest BCUT2D eigenvalue weighted by molar-refractivity contribution is -0.138. The summed E-state index contributed by atoms with van der Waals surface area (Å²) in [6.07, 6.45) is 1.81. The normalized spacial score (nSPS) is 19.7. The fraction of sp³-hybridized carbons (Fsp3) is 0.593. The number of ketones is 1. The van der Waals surface area contributed by atoms with Crippen LogP contribution in [0.1, 0.15) is 75.6 Å². The van der Waals surface area contributed by atoms with E-state index in [1.165, 1.54) is 12.5 Å². The molecule has 1 unspecified atom stereocenters. The molecule has 2 aromatic heterocycles. The van der Waals surface area contributed by atoms with E-state index in [2.05, 4.69) is 20.2 Å². The molecule has 1 N–H and O–H groups in total. The maximum atomic E-state index is 14.0. The molecule has 4 heterocycles. The van der Waals surface area contributed by atoms with Gasteiger partial charge in [0, 0.05) is 37.3 Å². The lowest BCUT2D eigenvalue weighted by atomic mass is 9.81. The molecule has 2 fully saturated rings. The van der Waals surface area contributed by atoms with Crippen molar-refractivity contribution < 1.29 is 18.0 Å². The first-order valence-electron chi connectivity index (χ1n) is 13.0. The molecule has 196 valence electrons. The van der Waals surface area contributed by atoms with E-state index in [4.69, 9.17) is 0 Å². The Labute approximate surface area is 211 Å². The van der Waals surface area contributed by atoms with Crippen molar-refractivity contribution in [2.24, 2.45) is 0 Å². The van der Waals surface area contributed by atoms with Crippen LogP contribution >= 0.6 is 0 Å². The number of hydrogen-bond donors (Lipinski definition) is 1. The highest BCUT2D eigenvalue weighted by Gasteiger charge is 2.44. The van der Waals surface area contributed by atoms with E-state index in [0.717, 1.165) is 32.0 Å². The number of carbonyl (C=O) groups is 1. The van der Waals surface area contributed by atoms with Crippen LogP contribution in [0.3, 0.4) is 0 Å². The predicted molar refractivity (Wildman–Crippen MR) is 135 cm³/mol. The summed E-state index contributed by atoms with van der Waals surface area (Å²) in [5.41, 5.74) is -0.538. The number of rotatable bonds is 7. The molecule has 1 atom stereocenters. The van der Waals surface area contributed by atoms with Crippen LogP contribution in [-0.4, -0.2) is 58.9 Å². The molecule has 6 nitrogen and oxygen atoms in total. The molecule has 0 aromatic carbocycles. The van der Waals surface area contributed by atoms with Gasteiger partial charge in [-0.25, -0.2) is 9.97 Å². The number of aromatic nitrogens is 2. The van der Waals surface area contributed by atoms with E-state index in [0.29, 0.717) is 49.7 Å². The molecule has 0 radical (unpaired) electrons. The van der Waals surface area contributed by atoms with Gasteiger partial charge in [0.25, 0.3) is 0 Å². The first-order chi connectivity index (χ1) is 17.2. The van der Waals surface area contributed by atoms with Crippen molar-refractivity contribution in [3.63, 3.8) is 0 Å². The third-order valence-corrected chi connectivity index (χ3v) is 7.81. The van der Waals surface area contributed by atoms with Crippen molar-refractivity contribution in [2.75, 3.05) is 42.9 Å². The zero-order valence-electron chi connectivity index (χ0n) is 21.4. The molecule has 0 bridgehead atoms. The number of hydrogen-bond acceptors (Lipinski definition) is 6. The number of nitrogens with zero attached hydrogens (tertiary/aromatic N) is 4. The Balaban J connectivity index is 1.63. The average Bonchev–Trinajstić information content (AvgIpc) is 2.88. The summed E-state index contributed by atoms with van der Waals surface area (Å²) in [5, 5.41) is 3.15. The second kappa shape index (κ2) is 10.7. The largest absolute Gasteiger partial charge is 0.418 e. The number of alkyl halides is 3. The summed E-state index contributed by atoms with van der Waals surface area (Å²) in [5.74, 6) is 0.665. The standard InChI is InChI=1S/C27H36F3N5O/c1-4-31-25-21(9-8-14-32-25)19(2)24-22(27(28,29)30)10-11-23(33-24)34-17-12-26(13-18-34,20(3)36)35-15-6-5-7-16-35/h8-11,14,19H,4-7,12-13,15-18H2,1-3H3,(H,31,32). The van der Waals surface area contributed by atoms with E-state index < -0.39 is 23.2 Å². The lowest BCUT2D eigenvalue weighted by Gasteiger charge is -2.49. The second-order valence-electron chi connectivity index (χ2n) is 9.92. The number of anilines is 2. The number of likely N-dealkylation sites (tertiary alicyclic amines) is 1. The van der Waals surface area contributed by atoms with E-state index in [1.54, 1.807) is 32.2 Å². The quantitative estimate of drug-likeness (QED) is 0.539. The predicted octanol–water partition coefficient (Wildman–Crippen LogP) is 5.49. The summed E-state index contributed by atoms with van der Waals surface area (Å²) >= 11 is 0. The van der Waals surface area contributed by atoms with Gasteiger partial charge in [-0.3, -0.25) is 9.69 Å². The molecule has 2 aliphatic heterocycles. The first-order valence-corrected chi connectivity index (χ1v) is 13.0. The minimum Gasteiger partial charge on any atom is -0.370 e. The first kappa shape index (κ1) is 26.4. The van der Waals surface area contributed by atoms with Crippen LogP contribution in [0.5, 0.6) is 0 Å². The van der Waals surface area contributed by atoms with Gasteiger partial charge in [0.1, 0.15) is 17.4 Å². The maximum Gasteiger partial charge on any atom is 0.418 e. The molecular formula is C27H36F3N5O.